The summed E-state index contributed by atoms with van der Waals surface area (Å²) in [5.41, 5.74) is 2.57. The largest absolute Gasteiger partial charge is 0.508 e. The minimum absolute atomic E-state index is 0.0194. The number of rotatable bonds is 2. The third-order valence-electron chi connectivity index (χ3n) is 5.01. The van der Waals surface area contributed by atoms with Crippen LogP contribution in [0.4, 0.5) is 5.69 Å². The van der Waals surface area contributed by atoms with Crippen molar-refractivity contribution >= 4 is 22.4 Å². The van der Waals surface area contributed by atoms with E-state index in [9.17, 15) is 9.90 Å². The predicted molar refractivity (Wildman–Crippen MR) is 103 cm³/mol. The van der Waals surface area contributed by atoms with Gasteiger partial charge >= 0.3 is 0 Å². The van der Waals surface area contributed by atoms with Gasteiger partial charge in [-0.15, -0.1) is 0 Å². The number of phenols is 1. The fourth-order valence-corrected chi connectivity index (χ4v) is 3.51. The maximum Gasteiger partial charge on any atom is 0.254 e. The maximum absolute atomic E-state index is 12.8. The van der Waals surface area contributed by atoms with Crippen LogP contribution in [0.2, 0.25) is 0 Å². The van der Waals surface area contributed by atoms with Crippen LogP contribution in [-0.4, -0.2) is 47.1 Å². The van der Waals surface area contributed by atoms with E-state index in [1.807, 2.05) is 36.4 Å². The average molecular weight is 347 g/mol. The van der Waals surface area contributed by atoms with E-state index in [0.717, 1.165) is 29.7 Å². The van der Waals surface area contributed by atoms with Gasteiger partial charge in [0.05, 0.1) is 11.9 Å². The first kappa shape index (κ1) is 16.4. The summed E-state index contributed by atoms with van der Waals surface area (Å²) >= 11 is 0. The molecule has 0 aliphatic carbocycles. The molecule has 2 aromatic carbocycles. The van der Waals surface area contributed by atoms with Gasteiger partial charge in [-0.05, 0) is 24.6 Å². The number of pyridine rings is 1. The molecule has 0 bridgehead atoms. The van der Waals surface area contributed by atoms with Gasteiger partial charge in [0.25, 0.3) is 5.91 Å². The highest BCUT2D eigenvalue weighted by Crippen LogP contribution is 2.27. The molecule has 0 radical (unpaired) electrons. The summed E-state index contributed by atoms with van der Waals surface area (Å²) in [6, 6.07) is 13.2. The molecule has 0 spiro atoms. The molecule has 132 valence electrons. The van der Waals surface area contributed by atoms with Crippen molar-refractivity contribution in [3.63, 3.8) is 0 Å². The Morgan fingerprint density at radius 1 is 1.04 bits per heavy atom. The van der Waals surface area contributed by atoms with Crippen LogP contribution in [-0.2, 0) is 0 Å². The van der Waals surface area contributed by atoms with Gasteiger partial charge in [0.1, 0.15) is 5.75 Å². The molecule has 1 saturated heterocycles. The van der Waals surface area contributed by atoms with Gasteiger partial charge in [-0.25, -0.2) is 0 Å². The van der Waals surface area contributed by atoms with Crippen LogP contribution in [0.3, 0.4) is 0 Å². The molecular formula is C21H21N3O2. The Balaban J connectivity index is 1.52. The van der Waals surface area contributed by atoms with E-state index in [2.05, 4.69) is 22.0 Å². The average Bonchev–Trinajstić information content (AvgIpc) is 2.69. The van der Waals surface area contributed by atoms with Crippen LogP contribution in [0.5, 0.6) is 5.75 Å². The smallest absolute Gasteiger partial charge is 0.254 e. The van der Waals surface area contributed by atoms with E-state index in [1.165, 1.54) is 5.39 Å². The lowest BCUT2D eigenvalue weighted by Crippen LogP contribution is -2.49. The van der Waals surface area contributed by atoms with Crippen molar-refractivity contribution in [2.24, 2.45) is 0 Å². The van der Waals surface area contributed by atoms with Crippen molar-refractivity contribution in [3.05, 3.63) is 66.0 Å². The minimum atomic E-state index is -0.0194. The fraction of sp³-hybridized carbons (Fsp3) is 0.238. The zero-order chi connectivity index (χ0) is 18.1. The number of aromatic nitrogens is 1. The molecule has 0 saturated carbocycles. The number of carbonyl (C=O) groups excluding carboxylic acids is 1. The van der Waals surface area contributed by atoms with Crippen molar-refractivity contribution in [2.45, 2.75) is 6.92 Å². The normalized spacial score (nSPS) is 14.7. The zero-order valence-electron chi connectivity index (χ0n) is 14.7. The van der Waals surface area contributed by atoms with Crippen molar-refractivity contribution < 1.29 is 9.90 Å². The Morgan fingerprint density at radius 2 is 1.81 bits per heavy atom. The molecular weight excluding hydrogens is 326 g/mol. The van der Waals surface area contributed by atoms with Gasteiger partial charge in [0.15, 0.2) is 0 Å². The van der Waals surface area contributed by atoms with Gasteiger partial charge in [-0.3, -0.25) is 9.78 Å². The number of piperazine rings is 1. The number of benzene rings is 2. The molecule has 5 nitrogen and oxygen atoms in total. The predicted octanol–water partition coefficient (Wildman–Crippen LogP) is 3.21. The molecule has 1 fully saturated rings. The van der Waals surface area contributed by atoms with E-state index in [-0.39, 0.29) is 11.7 Å². The molecule has 1 aliphatic heterocycles. The van der Waals surface area contributed by atoms with Crippen LogP contribution < -0.4 is 4.90 Å². The Morgan fingerprint density at radius 3 is 2.62 bits per heavy atom. The first-order valence-electron chi connectivity index (χ1n) is 8.80. The highest BCUT2D eigenvalue weighted by molar-refractivity contribution is 5.96. The fourth-order valence-electron chi connectivity index (χ4n) is 3.51. The van der Waals surface area contributed by atoms with Gasteiger partial charge in [-0.1, -0.05) is 30.3 Å². The van der Waals surface area contributed by atoms with E-state index < -0.39 is 0 Å². The second kappa shape index (κ2) is 6.67. The molecule has 1 amide bonds. The number of hydrogen-bond donors (Lipinski definition) is 1. The molecule has 1 aromatic heterocycles. The van der Waals surface area contributed by atoms with Crippen molar-refractivity contribution in [3.8, 4) is 5.75 Å². The van der Waals surface area contributed by atoms with Gasteiger partial charge in [0, 0.05) is 48.7 Å². The maximum atomic E-state index is 12.8. The second-order valence-electron chi connectivity index (χ2n) is 6.66. The summed E-state index contributed by atoms with van der Waals surface area (Å²) in [5, 5.41) is 12.0. The van der Waals surface area contributed by atoms with Crippen LogP contribution in [0.15, 0.2) is 54.9 Å². The highest BCUT2D eigenvalue weighted by Gasteiger charge is 2.24. The molecule has 1 N–H and O–H groups in total. The second-order valence-corrected chi connectivity index (χ2v) is 6.66. The van der Waals surface area contributed by atoms with Crippen molar-refractivity contribution in [2.75, 3.05) is 31.1 Å². The first-order valence-corrected chi connectivity index (χ1v) is 8.80. The molecule has 2 heterocycles. The summed E-state index contributed by atoms with van der Waals surface area (Å²) in [7, 11) is 0. The summed E-state index contributed by atoms with van der Waals surface area (Å²) in [4.78, 5) is 21.3. The topological polar surface area (TPSA) is 56.7 Å². The number of hydrogen-bond acceptors (Lipinski definition) is 4. The number of anilines is 1. The Bertz CT molecular complexity index is 957. The summed E-state index contributed by atoms with van der Waals surface area (Å²) in [5.74, 6) is 0.105. The molecule has 1 aliphatic rings. The van der Waals surface area contributed by atoms with Gasteiger partial charge in [-0.2, -0.15) is 0 Å². The number of aryl methyl sites for hydroxylation is 1. The van der Waals surface area contributed by atoms with E-state index in [0.29, 0.717) is 18.7 Å². The van der Waals surface area contributed by atoms with Crippen LogP contribution in [0, 0.1) is 6.92 Å². The van der Waals surface area contributed by atoms with E-state index in [1.54, 1.807) is 18.2 Å². The third-order valence-corrected chi connectivity index (χ3v) is 5.01. The molecule has 0 unspecified atom stereocenters. The van der Waals surface area contributed by atoms with E-state index in [4.69, 9.17) is 0 Å². The summed E-state index contributed by atoms with van der Waals surface area (Å²) in [6.07, 6.45) is 3.78. The van der Waals surface area contributed by atoms with Crippen molar-refractivity contribution in [1.29, 1.82) is 0 Å². The molecule has 5 heteroatoms. The van der Waals surface area contributed by atoms with Crippen LogP contribution >= 0.6 is 0 Å². The van der Waals surface area contributed by atoms with Gasteiger partial charge in [0.2, 0.25) is 0 Å². The first-order chi connectivity index (χ1) is 12.6. The number of phenolic OH excluding ortho intramolecular Hbond substituents is 1. The lowest BCUT2D eigenvalue weighted by atomic mass is 10.1. The summed E-state index contributed by atoms with van der Waals surface area (Å²) < 4.78 is 0. The highest BCUT2D eigenvalue weighted by atomic mass is 16.3. The Kier molecular flexibility index (Phi) is 4.21. The van der Waals surface area contributed by atoms with Crippen LogP contribution in [0.1, 0.15) is 15.9 Å². The van der Waals surface area contributed by atoms with E-state index >= 15 is 0 Å². The zero-order valence-corrected chi connectivity index (χ0v) is 14.7. The van der Waals surface area contributed by atoms with Crippen LogP contribution in [0.25, 0.3) is 10.8 Å². The minimum Gasteiger partial charge on any atom is -0.508 e. The number of amides is 1. The molecule has 26 heavy (non-hydrogen) atoms. The number of carbonyl (C=O) groups is 1. The molecule has 3 aromatic rings. The quantitative estimate of drug-likeness (QED) is 0.773. The third kappa shape index (κ3) is 2.96. The molecule has 4 rings (SSSR count). The summed E-state index contributed by atoms with van der Waals surface area (Å²) in [6.45, 7) is 4.72. The standard InChI is InChI=1S/C21H21N3O2/c1-15-6-7-17(25)12-19(15)21(26)24-10-8-23(9-11-24)20-14-22-13-16-4-2-3-5-18(16)20/h2-7,12-14,25H,8-11H2,1H3. The monoisotopic (exact) mass is 347 g/mol. The van der Waals surface area contributed by atoms with Gasteiger partial charge < -0.3 is 14.9 Å². The Labute approximate surface area is 152 Å². The van der Waals surface area contributed by atoms with Crippen molar-refractivity contribution in [1.82, 2.24) is 9.88 Å². The molecule has 0 atom stereocenters. The lowest BCUT2D eigenvalue weighted by Gasteiger charge is -2.36. The SMILES string of the molecule is Cc1ccc(O)cc1C(=O)N1CCN(c2cncc3ccccc23)CC1. The number of aromatic hydroxyl groups is 1. The number of fused-ring (bicyclic) bond motifs is 1. The lowest BCUT2D eigenvalue weighted by molar-refractivity contribution is 0.0745. The Hall–Kier alpha value is -3.08. The number of nitrogens with zero attached hydrogens (tertiary/aromatic N) is 3.